The van der Waals surface area contributed by atoms with E-state index in [4.69, 9.17) is 32.8 Å². The molecule has 0 rings (SSSR count). The first kappa shape index (κ1) is 17.8. The highest BCUT2D eigenvalue weighted by Crippen LogP contribution is 2.38. The Morgan fingerprint density at radius 2 is 1.13 bits per heavy atom. The Morgan fingerprint density at radius 1 is 0.933 bits per heavy atom. The van der Waals surface area contributed by atoms with E-state index < -0.39 is 16.4 Å². The molecule has 7 nitrogen and oxygen atoms in total. The zero-order valence-electron chi connectivity index (χ0n) is 8.99. The van der Waals surface area contributed by atoms with Gasteiger partial charge in [-0.25, -0.2) is 4.57 Å². The maximum Gasteiger partial charge on any atom is 0.466 e. The lowest BCUT2D eigenvalue weighted by Gasteiger charge is -2.12. The molecule has 0 unspecified atom stereocenters. The van der Waals surface area contributed by atoms with Gasteiger partial charge in [0.25, 0.3) is 0 Å². The van der Waals surface area contributed by atoms with Crippen molar-refractivity contribution in [2.24, 2.45) is 0 Å². The molecule has 0 fully saturated rings. The summed E-state index contributed by atoms with van der Waals surface area (Å²) in [6, 6.07) is 0. The zero-order chi connectivity index (χ0) is 12.3. The molecule has 0 radical (unpaired) electrons. The Bertz CT molecular complexity index is 148. The van der Waals surface area contributed by atoms with Crippen LogP contribution in [-0.2, 0) is 18.1 Å². The Kier molecular flexibility index (Phi) is 13.0. The molecule has 0 aromatic heterocycles. The van der Waals surface area contributed by atoms with Gasteiger partial charge in [-0.1, -0.05) is 0 Å². The van der Waals surface area contributed by atoms with E-state index in [1.807, 2.05) is 20.8 Å². The predicted octanol–water partition coefficient (Wildman–Crippen LogP) is 1.39. The van der Waals surface area contributed by atoms with Crippen molar-refractivity contribution in [2.75, 3.05) is 19.8 Å². The molecule has 0 spiro atoms. The van der Waals surface area contributed by atoms with Crippen LogP contribution in [0.25, 0.3) is 0 Å². The Hall–Kier alpha value is 0.420. The average molecular weight is 264 g/mol. The monoisotopic (exact) mass is 264 g/mol. The second-order valence-corrected chi connectivity index (χ2v) is 4.24. The molecule has 0 aromatic carbocycles. The topological polar surface area (TPSA) is 105 Å². The summed E-state index contributed by atoms with van der Waals surface area (Å²) in [6.45, 7) is 7.71. The SMILES string of the molecule is CCOP(OCC)OCC.O=P(O)(O)O. The van der Waals surface area contributed by atoms with E-state index in [2.05, 4.69) is 0 Å². The minimum absolute atomic E-state index is 0.645. The van der Waals surface area contributed by atoms with Crippen molar-refractivity contribution in [3.63, 3.8) is 0 Å². The summed E-state index contributed by atoms with van der Waals surface area (Å²) in [5.74, 6) is 0. The van der Waals surface area contributed by atoms with Gasteiger partial charge in [0.05, 0.1) is 19.8 Å². The molecular weight excluding hydrogens is 246 g/mol. The van der Waals surface area contributed by atoms with Crippen molar-refractivity contribution >= 4 is 16.4 Å². The first-order valence-corrected chi connectivity index (χ1v) is 6.98. The Labute approximate surface area is 90.6 Å². The number of hydrogen-bond donors (Lipinski definition) is 3. The fraction of sp³-hybridized carbons (Fsp3) is 1.00. The molecular formula is C6H18O7P2. The summed E-state index contributed by atoms with van der Waals surface area (Å²) in [6.07, 6.45) is 0. The maximum absolute atomic E-state index is 8.88. The van der Waals surface area contributed by atoms with Crippen LogP contribution in [-0.4, -0.2) is 34.5 Å². The summed E-state index contributed by atoms with van der Waals surface area (Å²) in [4.78, 5) is 21.6. The van der Waals surface area contributed by atoms with E-state index in [9.17, 15) is 0 Å². The first-order valence-electron chi connectivity index (χ1n) is 4.32. The number of hydrogen-bond acceptors (Lipinski definition) is 4. The molecule has 15 heavy (non-hydrogen) atoms. The summed E-state index contributed by atoms with van der Waals surface area (Å²) >= 11 is 0. The van der Waals surface area contributed by atoms with Gasteiger partial charge in [-0.15, -0.1) is 0 Å². The van der Waals surface area contributed by atoms with Gasteiger partial charge in [0.15, 0.2) is 0 Å². The van der Waals surface area contributed by atoms with Crippen molar-refractivity contribution in [3.05, 3.63) is 0 Å². The molecule has 0 aromatic rings. The third-order valence-corrected chi connectivity index (χ3v) is 2.11. The minimum atomic E-state index is -4.64. The zero-order valence-corrected chi connectivity index (χ0v) is 10.8. The number of rotatable bonds is 6. The Balaban J connectivity index is 0. The van der Waals surface area contributed by atoms with Gasteiger partial charge in [-0.05, 0) is 20.8 Å². The van der Waals surface area contributed by atoms with E-state index in [-0.39, 0.29) is 0 Å². The molecule has 0 bridgehead atoms. The lowest BCUT2D eigenvalue weighted by molar-refractivity contribution is 0.176. The van der Waals surface area contributed by atoms with Gasteiger partial charge in [0.2, 0.25) is 0 Å². The van der Waals surface area contributed by atoms with Crippen LogP contribution in [0.2, 0.25) is 0 Å². The molecule has 0 saturated carbocycles. The fourth-order valence-electron chi connectivity index (χ4n) is 0.428. The smallest absolute Gasteiger partial charge is 0.313 e. The van der Waals surface area contributed by atoms with Crippen LogP contribution in [0.4, 0.5) is 0 Å². The van der Waals surface area contributed by atoms with Crippen LogP contribution in [0, 0.1) is 0 Å². The molecule has 0 saturated heterocycles. The lowest BCUT2D eigenvalue weighted by atomic mass is 10.9. The molecule has 0 aliphatic heterocycles. The normalized spacial score (nSPS) is 11.1. The second-order valence-electron chi connectivity index (χ2n) is 1.99. The van der Waals surface area contributed by atoms with Gasteiger partial charge in [0, 0.05) is 0 Å². The summed E-state index contributed by atoms with van der Waals surface area (Å²) in [7, 11) is -5.70. The Morgan fingerprint density at radius 3 is 1.27 bits per heavy atom. The molecule has 0 aliphatic rings. The number of phosphoric acid groups is 1. The quantitative estimate of drug-likeness (QED) is 0.622. The van der Waals surface area contributed by atoms with Crippen molar-refractivity contribution in [3.8, 4) is 0 Å². The van der Waals surface area contributed by atoms with Gasteiger partial charge in [0.1, 0.15) is 0 Å². The second kappa shape index (κ2) is 10.9. The van der Waals surface area contributed by atoms with Crippen LogP contribution >= 0.6 is 16.4 Å². The van der Waals surface area contributed by atoms with Gasteiger partial charge in [-0.3, -0.25) is 0 Å². The van der Waals surface area contributed by atoms with E-state index in [1.54, 1.807) is 0 Å². The minimum Gasteiger partial charge on any atom is -0.313 e. The molecule has 94 valence electrons. The standard InChI is InChI=1S/C6H15O3P.H3O4P/c1-4-7-10(8-5-2)9-6-3;1-5(2,3)4/h4-6H2,1-3H3;(H3,1,2,3,4). The maximum atomic E-state index is 8.88. The van der Waals surface area contributed by atoms with E-state index >= 15 is 0 Å². The average Bonchev–Trinajstić information content (AvgIpc) is 2.02. The van der Waals surface area contributed by atoms with Gasteiger partial charge in [-0.2, -0.15) is 0 Å². The molecule has 0 aliphatic carbocycles. The van der Waals surface area contributed by atoms with Crippen LogP contribution in [0.15, 0.2) is 0 Å². The third-order valence-electron chi connectivity index (χ3n) is 0.704. The van der Waals surface area contributed by atoms with Crippen LogP contribution in [0.1, 0.15) is 20.8 Å². The van der Waals surface area contributed by atoms with Gasteiger partial charge >= 0.3 is 16.4 Å². The third kappa shape index (κ3) is 25.1. The highest BCUT2D eigenvalue weighted by Gasteiger charge is 2.07. The summed E-state index contributed by atoms with van der Waals surface area (Å²) < 4.78 is 24.3. The van der Waals surface area contributed by atoms with Gasteiger partial charge < -0.3 is 28.3 Å². The predicted molar refractivity (Wildman–Crippen MR) is 56.1 cm³/mol. The lowest BCUT2D eigenvalue weighted by Crippen LogP contribution is -1.94. The van der Waals surface area contributed by atoms with Crippen molar-refractivity contribution in [1.29, 1.82) is 0 Å². The molecule has 0 atom stereocenters. The molecule has 0 amide bonds. The van der Waals surface area contributed by atoms with Crippen LogP contribution in [0.3, 0.4) is 0 Å². The fourth-order valence-corrected chi connectivity index (χ4v) is 1.28. The largest absolute Gasteiger partial charge is 0.466 e. The van der Waals surface area contributed by atoms with Crippen molar-refractivity contribution in [2.45, 2.75) is 20.8 Å². The van der Waals surface area contributed by atoms with Crippen molar-refractivity contribution in [1.82, 2.24) is 0 Å². The van der Waals surface area contributed by atoms with Crippen LogP contribution in [0.5, 0.6) is 0 Å². The van der Waals surface area contributed by atoms with E-state index in [0.717, 1.165) is 0 Å². The highest BCUT2D eigenvalue weighted by molar-refractivity contribution is 7.45. The summed E-state index contributed by atoms with van der Waals surface area (Å²) in [5.41, 5.74) is 0. The first-order chi connectivity index (χ1) is 6.85. The molecule has 0 heterocycles. The van der Waals surface area contributed by atoms with E-state index in [0.29, 0.717) is 19.8 Å². The molecule has 9 heteroatoms. The molecule has 3 N–H and O–H groups in total. The highest BCUT2D eigenvalue weighted by atomic mass is 31.2. The summed E-state index contributed by atoms with van der Waals surface area (Å²) in [5, 5.41) is 0. The van der Waals surface area contributed by atoms with Crippen molar-refractivity contribution < 1.29 is 32.8 Å². The van der Waals surface area contributed by atoms with Crippen LogP contribution < -0.4 is 0 Å². The van der Waals surface area contributed by atoms with E-state index in [1.165, 1.54) is 0 Å².